The minimum Gasteiger partial charge on any atom is -0.376 e. The predicted octanol–water partition coefficient (Wildman–Crippen LogP) is 3.98. The van der Waals surface area contributed by atoms with Gasteiger partial charge in [-0.05, 0) is 42.7 Å². The molecule has 3 aromatic rings. The van der Waals surface area contributed by atoms with Gasteiger partial charge in [0.1, 0.15) is 5.82 Å². The first kappa shape index (κ1) is 20.8. The van der Waals surface area contributed by atoms with Crippen LogP contribution in [0.5, 0.6) is 0 Å². The highest BCUT2D eigenvalue weighted by Crippen LogP contribution is 2.26. The summed E-state index contributed by atoms with van der Waals surface area (Å²) >= 11 is 12.5. The van der Waals surface area contributed by atoms with Crippen molar-refractivity contribution in [3.05, 3.63) is 74.3 Å². The number of rotatable bonds is 6. The lowest BCUT2D eigenvalue weighted by Crippen LogP contribution is -2.38. The molecule has 1 amide bonds. The van der Waals surface area contributed by atoms with E-state index in [0.29, 0.717) is 45.5 Å². The number of amides is 1. The Morgan fingerprint density at radius 1 is 1.17 bits per heavy atom. The first-order chi connectivity index (χ1) is 14.5. The number of benzene rings is 2. The van der Waals surface area contributed by atoms with Crippen LogP contribution in [0.4, 0.5) is 0 Å². The van der Waals surface area contributed by atoms with Gasteiger partial charge >= 0.3 is 0 Å². The van der Waals surface area contributed by atoms with E-state index in [1.54, 1.807) is 41.3 Å². The van der Waals surface area contributed by atoms with E-state index in [1.165, 1.54) is 0 Å². The van der Waals surface area contributed by atoms with Gasteiger partial charge in [0.05, 0.1) is 30.0 Å². The van der Waals surface area contributed by atoms with Crippen molar-refractivity contribution in [3.8, 4) is 0 Å². The molecule has 2 heterocycles. The summed E-state index contributed by atoms with van der Waals surface area (Å²) in [6, 6.07) is 12.3. The van der Waals surface area contributed by atoms with Crippen LogP contribution >= 0.6 is 23.2 Å². The highest BCUT2D eigenvalue weighted by atomic mass is 35.5. The Kier molecular flexibility index (Phi) is 6.37. The topological polar surface area (TPSA) is 75.3 Å². The van der Waals surface area contributed by atoms with E-state index in [2.05, 4.69) is 9.97 Å². The van der Waals surface area contributed by atoms with Crippen molar-refractivity contribution in [2.24, 2.45) is 0 Å². The molecule has 1 atom stereocenters. The molecule has 156 valence electrons. The van der Waals surface area contributed by atoms with Crippen LogP contribution in [0.15, 0.2) is 47.3 Å². The van der Waals surface area contributed by atoms with Gasteiger partial charge in [0.15, 0.2) is 0 Å². The molecule has 1 N–H and O–H groups in total. The Hall–Kier alpha value is -2.41. The maximum absolute atomic E-state index is 13.2. The van der Waals surface area contributed by atoms with E-state index in [0.717, 1.165) is 12.8 Å². The molecular formula is C22H21Cl2N3O3. The largest absolute Gasteiger partial charge is 0.376 e. The summed E-state index contributed by atoms with van der Waals surface area (Å²) in [6.45, 7) is 1.27. The average Bonchev–Trinajstić information content (AvgIpc) is 3.23. The number of H-pyrrole nitrogens is 1. The number of aromatic amines is 1. The lowest BCUT2D eigenvalue weighted by Gasteiger charge is -2.25. The van der Waals surface area contributed by atoms with Gasteiger partial charge in [-0.2, -0.15) is 0 Å². The third-order valence-corrected chi connectivity index (χ3v) is 5.90. The van der Waals surface area contributed by atoms with Crippen molar-refractivity contribution in [3.63, 3.8) is 0 Å². The molecular weight excluding hydrogens is 425 g/mol. The number of fused-ring (bicyclic) bond motifs is 1. The fraction of sp³-hybridized carbons (Fsp3) is 0.318. The molecule has 1 aromatic heterocycles. The van der Waals surface area contributed by atoms with Crippen LogP contribution in [0, 0.1) is 0 Å². The molecule has 1 aliphatic heterocycles. The standard InChI is InChI=1S/C22H21Cl2N3O3/c23-17-7-3-8-18(24)16(17)11-21(28)27(12-14-5-4-10-30-14)13-20-25-19-9-2-1-6-15(19)22(29)26-20/h1-3,6-9,14H,4-5,10-13H2,(H,25,26,29). The second kappa shape index (κ2) is 9.16. The molecule has 1 aliphatic rings. The van der Waals surface area contributed by atoms with Gasteiger partial charge in [-0.15, -0.1) is 0 Å². The van der Waals surface area contributed by atoms with Crippen molar-refractivity contribution in [1.29, 1.82) is 0 Å². The van der Waals surface area contributed by atoms with Gasteiger partial charge in [0.2, 0.25) is 5.91 Å². The molecule has 4 rings (SSSR count). The number of nitrogens with one attached hydrogen (secondary N) is 1. The molecule has 0 aliphatic carbocycles. The number of ether oxygens (including phenoxy) is 1. The summed E-state index contributed by atoms with van der Waals surface area (Å²) in [5.74, 6) is 0.270. The summed E-state index contributed by atoms with van der Waals surface area (Å²) < 4.78 is 5.72. The lowest BCUT2D eigenvalue weighted by atomic mass is 10.1. The molecule has 0 saturated carbocycles. The highest BCUT2D eigenvalue weighted by molar-refractivity contribution is 6.36. The number of aromatic nitrogens is 2. The maximum atomic E-state index is 13.2. The summed E-state index contributed by atoms with van der Waals surface area (Å²) in [5.41, 5.74) is 0.951. The van der Waals surface area contributed by atoms with Gasteiger partial charge in [-0.25, -0.2) is 4.98 Å². The van der Waals surface area contributed by atoms with Crippen LogP contribution in [0.3, 0.4) is 0 Å². The van der Waals surface area contributed by atoms with Gasteiger partial charge < -0.3 is 14.6 Å². The minimum absolute atomic E-state index is 0.0390. The zero-order valence-electron chi connectivity index (χ0n) is 16.2. The van der Waals surface area contributed by atoms with E-state index in [9.17, 15) is 9.59 Å². The van der Waals surface area contributed by atoms with Crippen LogP contribution in [0.2, 0.25) is 10.0 Å². The van der Waals surface area contributed by atoms with E-state index >= 15 is 0 Å². The number of hydrogen-bond donors (Lipinski definition) is 1. The van der Waals surface area contributed by atoms with Crippen molar-refractivity contribution < 1.29 is 9.53 Å². The molecule has 30 heavy (non-hydrogen) atoms. The second-order valence-electron chi connectivity index (χ2n) is 7.32. The predicted molar refractivity (Wildman–Crippen MR) is 117 cm³/mol. The third-order valence-electron chi connectivity index (χ3n) is 5.19. The van der Waals surface area contributed by atoms with Gasteiger partial charge in [-0.3, -0.25) is 9.59 Å². The maximum Gasteiger partial charge on any atom is 0.258 e. The summed E-state index contributed by atoms with van der Waals surface area (Å²) in [4.78, 5) is 34.6. The number of nitrogens with zero attached hydrogens (tertiary/aromatic N) is 2. The Morgan fingerprint density at radius 2 is 1.93 bits per heavy atom. The van der Waals surface area contributed by atoms with Crippen molar-refractivity contribution >= 4 is 40.0 Å². The Bertz CT molecular complexity index is 1110. The number of halogens is 2. The fourth-order valence-corrected chi connectivity index (χ4v) is 4.17. The number of carbonyl (C=O) groups excluding carboxylic acids is 1. The number of carbonyl (C=O) groups is 1. The molecule has 1 unspecified atom stereocenters. The van der Waals surface area contributed by atoms with Gasteiger partial charge in [0.25, 0.3) is 5.56 Å². The number of para-hydroxylation sites is 1. The van der Waals surface area contributed by atoms with Crippen molar-refractivity contribution in [2.75, 3.05) is 13.2 Å². The Balaban J connectivity index is 1.61. The fourth-order valence-electron chi connectivity index (χ4n) is 3.64. The van der Waals surface area contributed by atoms with Crippen molar-refractivity contribution in [2.45, 2.75) is 31.9 Å². The summed E-state index contributed by atoms with van der Waals surface area (Å²) in [6.07, 6.45) is 1.87. The average molecular weight is 446 g/mol. The first-order valence-corrected chi connectivity index (χ1v) is 10.6. The summed E-state index contributed by atoms with van der Waals surface area (Å²) in [5, 5.41) is 1.41. The van der Waals surface area contributed by atoms with Crippen LogP contribution in [-0.2, 0) is 22.5 Å². The molecule has 2 aromatic carbocycles. The monoisotopic (exact) mass is 445 g/mol. The highest BCUT2D eigenvalue weighted by Gasteiger charge is 2.25. The first-order valence-electron chi connectivity index (χ1n) is 9.81. The van der Waals surface area contributed by atoms with E-state index in [1.807, 2.05) is 6.07 Å². The molecule has 0 spiro atoms. The lowest BCUT2D eigenvalue weighted by molar-refractivity contribution is -0.132. The molecule has 1 saturated heterocycles. The molecule has 8 heteroatoms. The van der Waals surface area contributed by atoms with Gasteiger partial charge in [-0.1, -0.05) is 41.4 Å². The third kappa shape index (κ3) is 4.67. The smallest absolute Gasteiger partial charge is 0.258 e. The second-order valence-corrected chi connectivity index (χ2v) is 8.13. The minimum atomic E-state index is -0.228. The van der Waals surface area contributed by atoms with Crippen LogP contribution in [-0.4, -0.2) is 40.0 Å². The van der Waals surface area contributed by atoms with Crippen LogP contribution < -0.4 is 5.56 Å². The zero-order chi connectivity index (χ0) is 21.1. The summed E-state index contributed by atoms with van der Waals surface area (Å²) in [7, 11) is 0. The molecule has 0 radical (unpaired) electrons. The Morgan fingerprint density at radius 3 is 2.67 bits per heavy atom. The van der Waals surface area contributed by atoms with E-state index in [-0.39, 0.29) is 30.5 Å². The van der Waals surface area contributed by atoms with E-state index < -0.39 is 0 Å². The molecule has 1 fully saturated rings. The van der Waals surface area contributed by atoms with Gasteiger partial charge in [0, 0.05) is 23.2 Å². The Labute approximate surface area is 183 Å². The molecule has 0 bridgehead atoms. The van der Waals surface area contributed by atoms with E-state index in [4.69, 9.17) is 27.9 Å². The van der Waals surface area contributed by atoms with Crippen molar-refractivity contribution in [1.82, 2.24) is 14.9 Å². The SMILES string of the molecule is O=C(Cc1c(Cl)cccc1Cl)N(Cc1nc2ccccc2c(=O)[nH]1)CC1CCCO1. The normalized spacial score (nSPS) is 16.1. The quantitative estimate of drug-likeness (QED) is 0.622. The van der Waals surface area contributed by atoms with Crippen LogP contribution in [0.25, 0.3) is 10.9 Å². The number of hydrogen-bond acceptors (Lipinski definition) is 4. The zero-order valence-corrected chi connectivity index (χ0v) is 17.7. The van der Waals surface area contributed by atoms with Crippen LogP contribution in [0.1, 0.15) is 24.2 Å². The molecule has 6 nitrogen and oxygen atoms in total.